The lowest BCUT2D eigenvalue weighted by Crippen LogP contribution is -2.42. The number of carbonyl (C=O) groups is 1. The predicted molar refractivity (Wildman–Crippen MR) is 132 cm³/mol. The molecule has 2 aromatic rings. The van der Waals surface area contributed by atoms with Crippen LogP contribution in [0.4, 0.5) is 17.1 Å². The zero-order valence-corrected chi connectivity index (χ0v) is 19.9. The van der Waals surface area contributed by atoms with E-state index in [1.54, 1.807) is 0 Å². The van der Waals surface area contributed by atoms with E-state index in [2.05, 4.69) is 40.2 Å². The van der Waals surface area contributed by atoms with Crippen LogP contribution in [0.15, 0.2) is 36.4 Å². The van der Waals surface area contributed by atoms with Gasteiger partial charge in [0.05, 0.1) is 44.3 Å². The first-order chi connectivity index (χ1) is 16.1. The number of fused-ring (bicyclic) bond motifs is 1. The number of hydrogen-bond donors (Lipinski definition) is 1. The van der Waals surface area contributed by atoms with Crippen molar-refractivity contribution in [2.24, 2.45) is 0 Å². The molecule has 1 unspecified atom stereocenters. The van der Waals surface area contributed by atoms with E-state index < -0.39 is 0 Å². The fourth-order valence-electron chi connectivity index (χ4n) is 4.59. The maximum Gasteiger partial charge on any atom is 0.244 e. The van der Waals surface area contributed by atoms with Crippen molar-refractivity contribution in [1.82, 2.24) is 0 Å². The molecule has 0 radical (unpaired) electrons. The molecule has 1 N–H and O–H groups in total. The Hall–Kier alpha value is -2.93. The summed E-state index contributed by atoms with van der Waals surface area (Å²) in [5.41, 5.74) is 4.06. The minimum absolute atomic E-state index is 0.0684. The summed E-state index contributed by atoms with van der Waals surface area (Å²) in [6, 6.07) is 12.5. The molecule has 0 saturated carbocycles. The van der Waals surface area contributed by atoms with Gasteiger partial charge in [-0.3, -0.25) is 4.79 Å². The van der Waals surface area contributed by atoms with Crippen LogP contribution in [0.5, 0.6) is 11.5 Å². The summed E-state index contributed by atoms with van der Waals surface area (Å²) in [7, 11) is 0. The maximum absolute atomic E-state index is 13.2. The molecule has 178 valence electrons. The van der Waals surface area contributed by atoms with E-state index in [-0.39, 0.29) is 5.91 Å². The third kappa shape index (κ3) is 5.36. The van der Waals surface area contributed by atoms with Crippen molar-refractivity contribution in [2.75, 3.05) is 61.2 Å². The number of ether oxygens (including phenoxy) is 3. The topological polar surface area (TPSA) is 63.3 Å². The van der Waals surface area contributed by atoms with Gasteiger partial charge in [-0.05, 0) is 45.2 Å². The van der Waals surface area contributed by atoms with Crippen LogP contribution in [0, 0.1) is 0 Å². The molecule has 0 spiro atoms. The quantitative estimate of drug-likeness (QED) is 0.649. The number of amides is 1. The molecule has 1 amide bonds. The van der Waals surface area contributed by atoms with Gasteiger partial charge in [-0.25, -0.2) is 0 Å². The molecule has 2 aliphatic rings. The van der Waals surface area contributed by atoms with Gasteiger partial charge in [0.25, 0.3) is 0 Å². The number of morpholine rings is 1. The number of carbonyl (C=O) groups excluding carboxylic acids is 1. The van der Waals surface area contributed by atoms with Gasteiger partial charge in [-0.15, -0.1) is 0 Å². The molecule has 7 nitrogen and oxygen atoms in total. The summed E-state index contributed by atoms with van der Waals surface area (Å²) < 4.78 is 17.4. The van der Waals surface area contributed by atoms with Crippen LogP contribution < -0.4 is 24.6 Å². The standard InChI is InChI=1S/C26H35N3O4/c1-4-32-24-17-23(28-12-14-31-15-13-28)25(33-5-2)16-21(24)27-26(30)18-29-19(3)10-11-20-8-6-7-9-22(20)29/h6-9,16-17,19H,4-5,10-15,18H2,1-3H3,(H,27,30). The van der Waals surface area contributed by atoms with Crippen molar-refractivity contribution < 1.29 is 19.0 Å². The third-order valence-electron chi connectivity index (χ3n) is 6.27. The Bertz CT molecular complexity index is 959. The number of rotatable bonds is 8. The smallest absolute Gasteiger partial charge is 0.244 e. The van der Waals surface area contributed by atoms with Gasteiger partial charge in [-0.2, -0.15) is 0 Å². The molecular formula is C26H35N3O4. The van der Waals surface area contributed by atoms with Crippen molar-refractivity contribution >= 4 is 23.0 Å². The van der Waals surface area contributed by atoms with Crippen LogP contribution in [-0.4, -0.2) is 58.0 Å². The molecule has 7 heteroatoms. The molecule has 1 atom stereocenters. The highest BCUT2D eigenvalue weighted by Crippen LogP contribution is 2.39. The van der Waals surface area contributed by atoms with Crippen LogP contribution in [0.3, 0.4) is 0 Å². The van der Waals surface area contributed by atoms with Crippen LogP contribution in [0.1, 0.15) is 32.8 Å². The van der Waals surface area contributed by atoms with E-state index in [0.717, 1.165) is 43.1 Å². The molecular weight excluding hydrogens is 418 g/mol. The van der Waals surface area contributed by atoms with Crippen LogP contribution >= 0.6 is 0 Å². The Balaban J connectivity index is 1.57. The van der Waals surface area contributed by atoms with E-state index in [4.69, 9.17) is 14.2 Å². The fourth-order valence-corrected chi connectivity index (χ4v) is 4.59. The molecule has 2 aliphatic heterocycles. The Morgan fingerprint density at radius 2 is 1.79 bits per heavy atom. The highest BCUT2D eigenvalue weighted by Gasteiger charge is 2.26. The monoisotopic (exact) mass is 453 g/mol. The number of nitrogens with zero attached hydrogens (tertiary/aromatic N) is 2. The van der Waals surface area contributed by atoms with Gasteiger partial charge in [0.1, 0.15) is 11.5 Å². The molecule has 33 heavy (non-hydrogen) atoms. The minimum atomic E-state index is -0.0684. The summed E-state index contributed by atoms with van der Waals surface area (Å²) in [5, 5.41) is 3.09. The zero-order chi connectivity index (χ0) is 23.2. The van der Waals surface area contributed by atoms with Gasteiger partial charge in [0, 0.05) is 37.0 Å². The van der Waals surface area contributed by atoms with Crippen LogP contribution in [0.2, 0.25) is 0 Å². The number of anilines is 3. The molecule has 0 bridgehead atoms. The maximum atomic E-state index is 13.2. The Morgan fingerprint density at radius 3 is 2.55 bits per heavy atom. The number of hydrogen-bond acceptors (Lipinski definition) is 6. The number of para-hydroxylation sites is 1. The molecule has 2 aromatic carbocycles. The van der Waals surface area contributed by atoms with Crippen molar-refractivity contribution in [2.45, 2.75) is 39.7 Å². The SMILES string of the molecule is CCOc1cc(N2CCOCC2)c(OCC)cc1NC(=O)CN1c2ccccc2CCC1C. The van der Waals surface area contributed by atoms with Crippen molar-refractivity contribution in [3.05, 3.63) is 42.0 Å². The van der Waals surface area contributed by atoms with Crippen molar-refractivity contribution in [3.8, 4) is 11.5 Å². The Labute approximate surface area is 196 Å². The van der Waals surface area contributed by atoms with E-state index in [1.165, 1.54) is 5.56 Å². The van der Waals surface area contributed by atoms with Crippen LogP contribution in [-0.2, 0) is 16.0 Å². The molecule has 2 heterocycles. The highest BCUT2D eigenvalue weighted by molar-refractivity contribution is 5.96. The van der Waals surface area contributed by atoms with Gasteiger partial charge < -0.3 is 29.3 Å². The first-order valence-electron chi connectivity index (χ1n) is 12.0. The fraction of sp³-hybridized carbons (Fsp3) is 0.500. The molecule has 0 aliphatic carbocycles. The van der Waals surface area contributed by atoms with E-state index in [0.29, 0.717) is 50.5 Å². The van der Waals surface area contributed by atoms with Gasteiger partial charge >= 0.3 is 0 Å². The lowest BCUT2D eigenvalue weighted by atomic mass is 9.96. The molecule has 1 fully saturated rings. The number of aryl methyl sites for hydroxylation is 1. The van der Waals surface area contributed by atoms with Crippen molar-refractivity contribution in [1.29, 1.82) is 0 Å². The minimum Gasteiger partial charge on any atom is -0.492 e. The summed E-state index contributed by atoms with van der Waals surface area (Å²) in [5.74, 6) is 1.33. The predicted octanol–water partition coefficient (Wildman–Crippen LogP) is 4.10. The Morgan fingerprint density at radius 1 is 1.06 bits per heavy atom. The summed E-state index contributed by atoms with van der Waals surface area (Å²) >= 11 is 0. The van der Waals surface area contributed by atoms with Gasteiger partial charge in [0.15, 0.2) is 0 Å². The normalized spacial score (nSPS) is 18.0. The lowest BCUT2D eigenvalue weighted by molar-refractivity contribution is -0.115. The largest absolute Gasteiger partial charge is 0.492 e. The number of benzene rings is 2. The van der Waals surface area contributed by atoms with Gasteiger partial charge in [0.2, 0.25) is 5.91 Å². The van der Waals surface area contributed by atoms with E-state index in [1.807, 2.05) is 32.0 Å². The average molecular weight is 454 g/mol. The summed E-state index contributed by atoms with van der Waals surface area (Å²) in [4.78, 5) is 17.6. The first kappa shape index (κ1) is 23.2. The molecule has 4 rings (SSSR count). The van der Waals surface area contributed by atoms with Crippen molar-refractivity contribution in [3.63, 3.8) is 0 Å². The summed E-state index contributed by atoms with van der Waals surface area (Å²) in [6.07, 6.45) is 2.09. The summed E-state index contributed by atoms with van der Waals surface area (Å²) in [6.45, 7) is 10.4. The zero-order valence-electron chi connectivity index (χ0n) is 19.9. The number of nitrogens with one attached hydrogen (secondary N) is 1. The van der Waals surface area contributed by atoms with Crippen LogP contribution in [0.25, 0.3) is 0 Å². The molecule has 0 aromatic heterocycles. The van der Waals surface area contributed by atoms with E-state index >= 15 is 0 Å². The second-order valence-electron chi connectivity index (χ2n) is 8.47. The molecule has 1 saturated heterocycles. The van der Waals surface area contributed by atoms with Gasteiger partial charge in [-0.1, -0.05) is 18.2 Å². The first-order valence-corrected chi connectivity index (χ1v) is 12.0. The van der Waals surface area contributed by atoms with E-state index in [9.17, 15) is 4.79 Å². The highest BCUT2D eigenvalue weighted by atomic mass is 16.5. The average Bonchev–Trinajstić information content (AvgIpc) is 2.83. The Kier molecular flexibility index (Phi) is 7.60. The lowest BCUT2D eigenvalue weighted by Gasteiger charge is -2.36. The second-order valence-corrected chi connectivity index (χ2v) is 8.47. The second kappa shape index (κ2) is 10.8. The third-order valence-corrected chi connectivity index (χ3v) is 6.27.